The molecule has 1 aromatic carbocycles. The van der Waals surface area contributed by atoms with Crippen molar-refractivity contribution in [2.24, 2.45) is 5.92 Å². The van der Waals surface area contributed by atoms with E-state index in [1.54, 1.807) is 0 Å². The van der Waals surface area contributed by atoms with Crippen molar-refractivity contribution in [1.29, 1.82) is 0 Å². The minimum atomic E-state index is -1.83. The maximum atomic E-state index is 12.7. The molecule has 0 atom stereocenters. The van der Waals surface area contributed by atoms with Crippen LogP contribution in [0.15, 0.2) is 36.4 Å². The van der Waals surface area contributed by atoms with Gasteiger partial charge in [-0.15, -0.1) is 11.3 Å². The Hall–Kier alpha value is -2.87. The van der Waals surface area contributed by atoms with E-state index in [4.69, 9.17) is 15.0 Å². The van der Waals surface area contributed by atoms with Crippen molar-refractivity contribution in [2.75, 3.05) is 5.32 Å². The lowest BCUT2D eigenvalue weighted by molar-refractivity contribution is -0.120. The van der Waals surface area contributed by atoms with Crippen molar-refractivity contribution in [3.8, 4) is 0 Å². The number of hydrogen-bond donors (Lipinski definition) is 4. The van der Waals surface area contributed by atoms with Gasteiger partial charge in [-0.2, -0.15) is 0 Å². The lowest BCUT2D eigenvalue weighted by atomic mass is 9.89. The molecule has 30 heavy (non-hydrogen) atoms. The molecule has 0 bridgehead atoms. The molecule has 4 N–H and O–H groups in total. The molecule has 1 heterocycles. The molecule has 2 amide bonds. The molecule has 8 heteroatoms. The molecule has 1 saturated carbocycles. The molecule has 1 aliphatic carbocycles. The Morgan fingerprint density at radius 1 is 1.07 bits per heavy atom. The lowest BCUT2D eigenvalue weighted by Gasteiger charge is -2.20. The number of thiophene rings is 1. The molecule has 1 aromatic heterocycles. The van der Waals surface area contributed by atoms with Gasteiger partial charge in [0.2, 0.25) is 5.91 Å². The molecule has 0 spiro atoms. The Kier molecular flexibility index (Phi) is 9.34. The van der Waals surface area contributed by atoms with Gasteiger partial charge in [0, 0.05) is 17.3 Å². The summed E-state index contributed by atoms with van der Waals surface area (Å²) in [6.45, 7) is 2.54. The van der Waals surface area contributed by atoms with Gasteiger partial charge in [0.25, 0.3) is 5.91 Å². The van der Waals surface area contributed by atoms with Gasteiger partial charge in [-0.1, -0.05) is 56.5 Å². The summed E-state index contributed by atoms with van der Waals surface area (Å²) in [5, 5.41) is 20.6. The van der Waals surface area contributed by atoms with Gasteiger partial charge in [-0.05, 0) is 30.9 Å². The third kappa shape index (κ3) is 7.51. The smallest absolute Gasteiger partial charge is 0.450 e. The number of benzene rings is 1. The van der Waals surface area contributed by atoms with Gasteiger partial charge >= 0.3 is 6.16 Å². The second-order valence-electron chi connectivity index (χ2n) is 7.08. The van der Waals surface area contributed by atoms with E-state index in [9.17, 15) is 9.59 Å². The molecule has 1 aliphatic rings. The van der Waals surface area contributed by atoms with Crippen LogP contribution in [-0.4, -0.2) is 28.2 Å². The predicted molar refractivity (Wildman–Crippen MR) is 117 cm³/mol. The highest BCUT2D eigenvalue weighted by Crippen LogP contribution is 2.31. The van der Waals surface area contributed by atoms with Crippen molar-refractivity contribution >= 4 is 34.3 Å². The number of anilines is 1. The Balaban J connectivity index is 0.000000735. The SMILES string of the molecule is CCc1cc(C(=O)NCc2ccccc2)c(NC(=O)C2CCCCC2)s1.O=C(O)O. The van der Waals surface area contributed by atoms with Gasteiger partial charge < -0.3 is 20.8 Å². The number of aryl methyl sites for hydroxylation is 1. The maximum Gasteiger partial charge on any atom is 0.503 e. The number of carbonyl (C=O) groups excluding carboxylic acids is 2. The van der Waals surface area contributed by atoms with Gasteiger partial charge in [-0.3, -0.25) is 9.59 Å². The van der Waals surface area contributed by atoms with Crippen molar-refractivity contribution in [2.45, 2.75) is 52.0 Å². The van der Waals surface area contributed by atoms with Crippen LogP contribution in [-0.2, 0) is 17.8 Å². The summed E-state index contributed by atoms with van der Waals surface area (Å²) < 4.78 is 0. The zero-order valence-electron chi connectivity index (χ0n) is 17.0. The van der Waals surface area contributed by atoms with E-state index < -0.39 is 6.16 Å². The van der Waals surface area contributed by atoms with Gasteiger partial charge in [0.15, 0.2) is 0 Å². The highest BCUT2D eigenvalue weighted by atomic mass is 32.1. The minimum absolute atomic E-state index is 0.0614. The monoisotopic (exact) mass is 432 g/mol. The molecule has 0 unspecified atom stereocenters. The van der Waals surface area contributed by atoms with E-state index in [0.29, 0.717) is 17.1 Å². The van der Waals surface area contributed by atoms with Crippen LogP contribution in [0.3, 0.4) is 0 Å². The van der Waals surface area contributed by atoms with E-state index >= 15 is 0 Å². The number of amides is 2. The van der Waals surface area contributed by atoms with Gasteiger partial charge in [0.1, 0.15) is 5.00 Å². The van der Waals surface area contributed by atoms with Gasteiger partial charge in [-0.25, -0.2) is 4.79 Å². The van der Waals surface area contributed by atoms with Crippen molar-refractivity contribution in [3.63, 3.8) is 0 Å². The molecule has 2 aromatic rings. The van der Waals surface area contributed by atoms with Crippen LogP contribution in [0.4, 0.5) is 9.80 Å². The topological polar surface area (TPSA) is 116 Å². The fourth-order valence-electron chi connectivity index (χ4n) is 3.33. The molecule has 1 fully saturated rings. The summed E-state index contributed by atoms with van der Waals surface area (Å²) in [4.78, 5) is 34.9. The first-order valence-corrected chi connectivity index (χ1v) is 10.9. The zero-order chi connectivity index (χ0) is 21.9. The highest BCUT2D eigenvalue weighted by Gasteiger charge is 2.24. The average molecular weight is 433 g/mol. The van der Waals surface area contributed by atoms with E-state index in [0.717, 1.165) is 42.5 Å². The average Bonchev–Trinajstić information content (AvgIpc) is 3.16. The second kappa shape index (κ2) is 12.0. The van der Waals surface area contributed by atoms with Crippen LogP contribution in [0.2, 0.25) is 0 Å². The fraction of sp³-hybridized carbons (Fsp3) is 0.409. The van der Waals surface area contributed by atoms with E-state index in [1.165, 1.54) is 17.8 Å². The predicted octanol–water partition coefficient (Wildman–Crippen LogP) is 4.98. The summed E-state index contributed by atoms with van der Waals surface area (Å²) in [7, 11) is 0. The zero-order valence-corrected chi connectivity index (χ0v) is 17.8. The first-order valence-electron chi connectivity index (χ1n) is 10.1. The largest absolute Gasteiger partial charge is 0.503 e. The van der Waals surface area contributed by atoms with Crippen molar-refractivity contribution < 1.29 is 24.6 Å². The third-order valence-corrected chi connectivity index (χ3v) is 6.08. The molecule has 3 rings (SSSR count). The van der Waals surface area contributed by atoms with E-state index in [-0.39, 0.29) is 17.7 Å². The Bertz CT molecular complexity index is 840. The molecule has 0 radical (unpaired) electrons. The quantitative estimate of drug-likeness (QED) is 0.514. The van der Waals surface area contributed by atoms with Crippen LogP contribution in [0, 0.1) is 5.92 Å². The molecule has 0 aliphatic heterocycles. The Morgan fingerprint density at radius 3 is 2.30 bits per heavy atom. The number of carboxylic acid groups (broad SMARTS) is 2. The summed E-state index contributed by atoms with van der Waals surface area (Å²) in [5.74, 6) is 0.00576. The summed E-state index contributed by atoms with van der Waals surface area (Å²) in [6.07, 6.45) is 4.37. The first-order chi connectivity index (χ1) is 14.4. The van der Waals surface area contributed by atoms with Crippen molar-refractivity contribution in [1.82, 2.24) is 5.32 Å². The summed E-state index contributed by atoms with van der Waals surface area (Å²) >= 11 is 1.51. The molecule has 162 valence electrons. The standard InChI is InChI=1S/C21H26N2O2S.CH2O3/c1-2-17-13-18(20(25)22-14-15-9-5-3-6-10-15)21(26-17)23-19(24)16-11-7-4-8-12-16;2-1(3)4/h3,5-6,9-10,13,16H,2,4,7-8,11-12,14H2,1H3,(H,22,25)(H,23,24);(H2,2,3,4). The van der Waals surface area contributed by atoms with E-state index in [1.807, 2.05) is 36.4 Å². The normalized spacial score (nSPS) is 13.6. The van der Waals surface area contributed by atoms with Gasteiger partial charge in [0.05, 0.1) is 5.56 Å². The fourth-order valence-corrected chi connectivity index (χ4v) is 4.33. The molecular weight excluding hydrogens is 404 g/mol. The van der Waals surface area contributed by atoms with Crippen LogP contribution < -0.4 is 10.6 Å². The molecule has 0 saturated heterocycles. The third-order valence-electron chi connectivity index (χ3n) is 4.88. The Morgan fingerprint density at radius 2 is 1.70 bits per heavy atom. The molecule has 7 nitrogen and oxygen atoms in total. The second-order valence-corrected chi connectivity index (χ2v) is 8.22. The summed E-state index contributed by atoms with van der Waals surface area (Å²) in [6, 6.07) is 11.7. The van der Waals surface area contributed by atoms with E-state index in [2.05, 4.69) is 17.6 Å². The van der Waals surface area contributed by atoms with Crippen LogP contribution in [0.25, 0.3) is 0 Å². The first kappa shape index (κ1) is 23.4. The number of nitrogens with one attached hydrogen (secondary N) is 2. The van der Waals surface area contributed by atoms with Crippen LogP contribution in [0.1, 0.15) is 59.8 Å². The number of carbonyl (C=O) groups is 3. The van der Waals surface area contributed by atoms with Crippen LogP contribution >= 0.6 is 11.3 Å². The van der Waals surface area contributed by atoms with Crippen molar-refractivity contribution in [3.05, 3.63) is 52.4 Å². The molecular formula is C22H28N2O5S. The number of hydrogen-bond acceptors (Lipinski definition) is 4. The van der Waals surface area contributed by atoms with Crippen LogP contribution in [0.5, 0.6) is 0 Å². The highest BCUT2D eigenvalue weighted by molar-refractivity contribution is 7.16. The maximum absolute atomic E-state index is 12.7. The number of rotatable bonds is 6. The Labute approximate surface area is 180 Å². The lowest BCUT2D eigenvalue weighted by Crippen LogP contribution is -2.27. The summed E-state index contributed by atoms with van der Waals surface area (Å²) in [5.41, 5.74) is 1.63. The minimum Gasteiger partial charge on any atom is -0.450 e.